The van der Waals surface area contributed by atoms with E-state index in [2.05, 4.69) is 12.2 Å². The molecular weight excluding hydrogens is 192 g/mol. The maximum atomic E-state index is 11.5. The smallest absolute Gasteiger partial charge is 0.237 e. The molecule has 0 aliphatic carbocycles. The normalized spacial score (nSPS) is 16.9. The lowest BCUT2D eigenvalue weighted by molar-refractivity contribution is -0.123. The molecule has 0 radical (unpaired) electrons. The number of aliphatic hydroxyl groups is 1. The summed E-state index contributed by atoms with van der Waals surface area (Å²) in [4.78, 5) is 11.5. The van der Waals surface area contributed by atoms with Crippen molar-refractivity contribution in [2.24, 2.45) is 5.73 Å². The van der Waals surface area contributed by atoms with Crippen molar-refractivity contribution < 1.29 is 9.90 Å². The third-order valence-electron chi connectivity index (χ3n) is 2.61. The van der Waals surface area contributed by atoms with Crippen LogP contribution in [0.5, 0.6) is 0 Å². The van der Waals surface area contributed by atoms with Crippen LogP contribution < -0.4 is 11.1 Å². The number of carbonyl (C=O) groups is 1. The van der Waals surface area contributed by atoms with Crippen molar-refractivity contribution in [3.05, 3.63) is 0 Å². The van der Waals surface area contributed by atoms with Crippen molar-refractivity contribution in [3.63, 3.8) is 0 Å². The molecule has 4 N–H and O–H groups in total. The van der Waals surface area contributed by atoms with Crippen molar-refractivity contribution in [1.29, 1.82) is 0 Å². The molecule has 0 aromatic carbocycles. The van der Waals surface area contributed by atoms with E-state index in [9.17, 15) is 9.90 Å². The third-order valence-corrected chi connectivity index (χ3v) is 2.61. The van der Waals surface area contributed by atoms with Gasteiger partial charge in [0, 0.05) is 6.54 Å². The quantitative estimate of drug-likeness (QED) is 0.588. The van der Waals surface area contributed by atoms with E-state index >= 15 is 0 Å². The maximum Gasteiger partial charge on any atom is 0.237 e. The molecule has 1 amide bonds. The fourth-order valence-electron chi connectivity index (χ4n) is 1.09. The largest absolute Gasteiger partial charge is 0.388 e. The Hall–Kier alpha value is -0.610. The highest BCUT2D eigenvalue weighted by Crippen LogP contribution is 2.06. The first-order chi connectivity index (χ1) is 6.93. The molecule has 0 fully saturated rings. The Morgan fingerprint density at radius 3 is 2.60 bits per heavy atom. The Balaban J connectivity index is 3.82. The van der Waals surface area contributed by atoms with Gasteiger partial charge < -0.3 is 16.2 Å². The van der Waals surface area contributed by atoms with Crippen LogP contribution in [0.4, 0.5) is 0 Å². The van der Waals surface area contributed by atoms with Gasteiger partial charge in [-0.3, -0.25) is 4.79 Å². The molecule has 1 unspecified atom stereocenters. The number of amides is 1. The van der Waals surface area contributed by atoms with Gasteiger partial charge in [-0.05, 0) is 19.8 Å². The van der Waals surface area contributed by atoms with Gasteiger partial charge in [0.15, 0.2) is 0 Å². The molecule has 0 heterocycles. The number of nitrogens with one attached hydrogen (secondary N) is 1. The van der Waals surface area contributed by atoms with Crippen LogP contribution in [-0.4, -0.2) is 29.2 Å². The fourth-order valence-corrected chi connectivity index (χ4v) is 1.09. The van der Waals surface area contributed by atoms with Gasteiger partial charge in [-0.25, -0.2) is 0 Å². The summed E-state index contributed by atoms with van der Waals surface area (Å²) in [6.45, 7) is 5.91. The predicted octanol–water partition coefficient (Wildman–Crippen LogP) is 0.781. The molecule has 0 aromatic rings. The van der Waals surface area contributed by atoms with Crippen molar-refractivity contribution in [1.82, 2.24) is 5.32 Å². The second-order valence-electron chi connectivity index (χ2n) is 4.32. The van der Waals surface area contributed by atoms with Gasteiger partial charge in [0.25, 0.3) is 0 Å². The lowest BCUT2D eigenvalue weighted by atomic mass is 10.0. The molecule has 0 aliphatic heterocycles. The Morgan fingerprint density at radius 1 is 1.53 bits per heavy atom. The average molecular weight is 216 g/mol. The van der Waals surface area contributed by atoms with Crippen LogP contribution in [0, 0.1) is 0 Å². The molecule has 0 aliphatic rings. The minimum atomic E-state index is -0.833. The number of rotatable bonds is 7. The highest BCUT2D eigenvalue weighted by atomic mass is 16.3. The summed E-state index contributed by atoms with van der Waals surface area (Å²) in [5.41, 5.74) is 4.85. The molecule has 0 bridgehead atoms. The Morgan fingerprint density at radius 2 is 2.13 bits per heavy atom. The minimum absolute atomic E-state index is 0.169. The number of hydrogen-bond donors (Lipinski definition) is 3. The van der Waals surface area contributed by atoms with Gasteiger partial charge in [-0.1, -0.05) is 26.7 Å². The Labute approximate surface area is 92.2 Å². The first-order valence-electron chi connectivity index (χ1n) is 5.68. The van der Waals surface area contributed by atoms with E-state index in [1.54, 1.807) is 6.92 Å². The predicted molar refractivity (Wildman–Crippen MR) is 61.4 cm³/mol. The summed E-state index contributed by atoms with van der Waals surface area (Å²) < 4.78 is 0. The fraction of sp³-hybridized carbons (Fsp3) is 0.909. The van der Waals surface area contributed by atoms with Crippen LogP contribution in [-0.2, 0) is 4.79 Å². The van der Waals surface area contributed by atoms with Crippen LogP contribution in [0.2, 0.25) is 0 Å². The Kier molecular flexibility index (Phi) is 6.52. The van der Waals surface area contributed by atoms with E-state index in [1.807, 2.05) is 6.92 Å². The SMILES string of the molecule is CCCC[C@H](N)C(=O)NCC(C)(O)CC. The van der Waals surface area contributed by atoms with Crippen molar-refractivity contribution in [3.8, 4) is 0 Å². The van der Waals surface area contributed by atoms with Gasteiger partial charge in [-0.15, -0.1) is 0 Å². The minimum Gasteiger partial charge on any atom is -0.388 e. The zero-order valence-electron chi connectivity index (χ0n) is 10.0. The molecule has 90 valence electrons. The summed E-state index contributed by atoms with van der Waals surface area (Å²) in [5, 5.41) is 12.3. The number of nitrogens with two attached hydrogens (primary N) is 1. The molecule has 0 spiro atoms. The molecular formula is C11H24N2O2. The Bertz CT molecular complexity index is 193. The third kappa shape index (κ3) is 6.47. The standard InChI is InChI=1S/C11H24N2O2/c1-4-6-7-9(12)10(14)13-8-11(3,15)5-2/h9,15H,4-8,12H2,1-3H3,(H,13,14)/t9-,11?/m0/s1. The zero-order chi connectivity index (χ0) is 11.9. The highest BCUT2D eigenvalue weighted by Gasteiger charge is 2.20. The van der Waals surface area contributed by atoms with Crippen molar-refractivity contribution >= 4 is 5.91 Å². The molecule has 0 aromatic heterocycles. The van der Waals surface area contributed by atoms with Crippen molar-refractivity contribution in [2.75, 3.05) is 6.54 Å². The first-order valence-corrected chi connectivity index (χ1v) is 5.68. The second kappa shape index (κ2) is 6.80. The molecule has 0 saturated carbocycles. The van der Waals surface area contributed by atoms with E-state index in [0.717, 1.165) is 12.8 Å². The van der Waals surface area contributed by atoms with E-state index in [-0.39, 0.29) is 12.5 Å². The number of unbranched alkanes of at least 4 members (excludes halogenated alkanes) is 1. The summed E-state index contributed by atoms with van der Waals surface area (Å²) in [7, 11) is 0. The summed E-state index contributed by atoms with van der Waals surface area (Å²) >= 11 is 0. The van der Waals surface area contributed by atoms with Crippen LogP contribution in [0.15, 0.2) is 0 Å². The van der Waals surface area contributed by atoms with Crippen LogP contribution in [0.25, 0.3) is 0 Å². The molecule has 4 heteroatoms. The van der Waals surface area contributed by atoms with Gasteiger partial charge in [0.05, 0.1) is 11.6 Å². The van der Waals surface area contributed by atoms with Gasteiger partial charge in [0.1, 0.15) is 0 Å². The maximum absolute atomic E-state index is 11.5. The average Bonchev–Trinajstić information content (AvgIpc) is 2.22. The van der Waals surface area contributed by atoms with E-state index in [4.69, 9.17) is 5.73 Å². The number of hydrogen-bond acceptors (Lipinski definition) is 3. The summed E-state index contributed by atoms with van der Waals surface area (Å²) in [6, 6.07) is -0.447. The van der Waals surface area contributed by atoms with E-state index < -0.39 is 11.6 Å². The topological polar surface area (TPSA) is 75.4 Å². The van der Waals surface area contributed by atoms with Gasteiger partial charge >= 0.3 is 0 Å². The summed E-state index contributed by atoms with van der Waals surface area (Å²) in [6.07, 6.45) is 3.31. The first kappa shape index (κ1) is 14.4. The van der Waals surface area contributed by atoms with Crippen LogP contribution in [0.1, 0.15) is 46.5 Å². The van der Waals surface area contributed by atoms with Crippen LogP contribution in [0.3, 0.4) is 0 Å². The molecule has 0 rings (SSSR count). The molecule has 4 nitrogen and oxygen atoms in total. The molecule has 15 heavy (non-hydrogen) atoms. The van der Waals surface area contributed by atoms with Crippen LogP contribution >= 0.6 is 0 Å². The van der Waals surface area contributed by atoms with Crippen molar-refractivity contribution in [2.45, 2.75) is 58.1 Å². The zero-order valence-corrected chi connectivity index (χ0v) is 10.0. The van der Waals surface area contributed by atoms with E-state index in [0.29, 0.717) is 12.8 Å². The second-order valence-corrected chi connectivity index (χ2v) is 4.32. The highest BCUT2D eigenvalue weighted by molar-refractivity contribution is 5.81. The number of carbonyl (C=O) groups excluding carboxylic acids is 1. The lowest BCUT2D eigenvalue weighted by Gasteiger charge is -2.22. The van der Waals surface area contributed by atoms with Gasteiger partial charge in [-0.2, -0.15) is 0 Å². The molecule has 0 saturated heterocycles. The van der Waals surface area contributed by atoms with Gasteiger partial charge in [0.2, 0.25) is 5.91 Å². The van der Waals surface area contributed by atoms with E-state index in [1.165, 1.54) is 0 Å². The monoisotopic (exact) mass is 216 g/mol. The summed E-state index contributed by atoms with van der Waals surface area (Å²) in [5.74, 6) is -0.169. The molecule has 2 atom stereocenters. The lowest BCUT2D eigenvalue weighted by Crippen LogP contribution is -2.46.